The third-order valence-corrected chi connectivity index (χ3v) is 5.73. The molecule has 2 aromatic rings. The van der Waals surface area contributed by atoms with Gasteiger partial charge in [-0.05, 0) is 30.0 Å². The van der Waals surface area contributed by atoms with Crippen molar-refractivity contribution in [3.05, 3.63) is 52.7 Å². The van der Waals surface area contributed by atoms with Crippen molar-refractivity contribution in [2.45, 2.75) is 31.9 Å². The quantitative estimate of drug-likeness (QED) is 0.771. The van der Waals surface area contributed by atoms with Gasteiger partial charge in [-0.1, -0.05) is 37.6 Å². The predicted molar refractivity (Wildman–Crippen MR) is 96.0 cm³/mol. The average Bonchev–Trinajstić information content (AvgIpc) is 3.33. The van der Waals surface area contributed by atoms with Gasteiger partial charge < -0.3 is 0 Å². The van der Waals surface area contributed by atoms with E-state index in [4.69, 9.17) is 4.84 Å². The molecule has 1 aromatic heterocycles. The van der Waals surface area contributed by atoms with Crippen LogP contribution in [0.3, 0.4) is 0 Å². The zero-order chi connectivity index (χ0) is 17.4. The molecule has 3 atom stereocenters. The van der Waals surface area contributed by atoms with Gasteiger partial charge >= 0.3 is 0 Å². The molecule has 2 amide bonds. The molecule has 0 unspecified atom stereocenters. The second-order valence-electron chi connectivity index (χ2n) is 6.36. The fourth-order valence-corrected chi connectivity index (χ4v) is 4.41. The number of hydrogen-bond acceptors (Lipinski definition) is 5. The summed E-state index contributed by atoms with van der Waals surface area (Å²) in [5.74, 6) is -0.799. The summed E-state index contributed by atoms with van der Waals surface area (Å²) in [7, 11) is 0. The number of hydrogen-bond donors (Lipinski definition) is 0. The number of unbranched alkanes of at least 4 members (excludes halogenated alkanes) is 1. The maximum Gasteiger partial charge on any atom is 0.261 e. The zero-order valence-electron chi connectivity index (χ0n) is 14.0. The van der Waals surface area contributed by atoms with Crippen molar-refractivity contribution >= 4 is 28.8 Å². The van der Waals surface area contributed by atoms with E-state index in [9.17, 15) is 9.59 Å². The van der Waals surface area contributed by atoms with Crippen LogP contribution in [0.4, 0.5) is 5.69 Å². The van der Waals surface area contributed by atoms with E-state index in [-0.39, 0.29) is 17.9 Å². The number of imide groups is 1. The molecule has 0 bridgehead atoms. The summed E-state index contributed by atoms with van der Waals surface area (Å²) in [5.41, 5.74) is 0.857. The first-order valence-corrected chi connectivity index (χ1v) is 9.50. The number of thiophene rings is 1. The van der Waals surface area contributed by atoms with Crippen LogP contribution < -0.4 is 5.06 Å². The van der Waals surface area contributed by atoms with Crippen LogP contribution in [-0.2, 0) is 14.4 Å². The summed E-state index contributed by atoms with van der Waals surface area (Å²) in [6.07, 6.45) is 1.04. The molecule has 0 saturated carbocycles. The van der Waals surface area contributed by atoms with Gasteiger partial charge in [0, 0.05) is 11.4 Å². The lowest BCUT2D eigenvalue weighted by molar-refractivity contribution is -0.143. The Morgan fingerprint density at radius 3 is 2.56 bits per heavy atom. The van der Waals surface area contributed by atoms with E-state index in [0.717, 1.165) is 23.4 Å². The number of amides is 2. The first-order valence-electron chi connectivity index (χ1n) is 8.62. The summed E-state index contributed by atoms with van der Waals surface area (Å²) < 4.78 is 0. The minimum atomic E-state index is -0.725. The number of nitrogens with zero attached hydrogens (tertiary/aromatic N) is 2. The Balaban J connectivity index is 1.71. The second kappa shape index (κ2) is 6.61. The summed E-state index contributed by atoms with van der Waals surface area (Å²) in [6.45, 7) is 2.53. The van der Waals surface area contributed by atoms with Crippen LogP contribution in [0.25, 0.3) is 0 Å². The molecule has 6 heteroatoms. The van der Waals surface area contributed by atoms with E-state index in [2.05, 4.69) is 0 Å². The van der Waals surface area contributed by atoms with Gasteiger partial charge in [0.05, 0.1) is 5.69 Å². The number of rotatable bonds is 5. The summed E-state index contributed by atoms with van der Waals surface area (Å²) in [5, 5.41) is 3.73. The molecular formula is C19H20N2O3S. The largest absolute Gasteiger partial charge is 0.280 e. The van der Waals surface area contributed by atoms with Gasteiger partial charge in [0.25, 0.3) is 5.91 Å². The highest BCUT2D eigenvalue weighted by Crippen LogP contribution is 2.47. The number of carbonyl (C=O) groups is 2. The van der Waals surface area contributed by atoms with Gasteiger partial charge in [0.15, 0.2) is 6.10 Å². The van der Waals surface area contributed by atoms with Gasteiger partial charge in [0.1, 0.15) is 12.0 Å². The molecule has 2 aliphatic heterocycles. The Bertz CT molecular complexity index is 762. The first-order chi connectivity index (χ1) is 12.2. The number of fused-ring (bicyclic) bond motifs is 1. The van der Waals surface area contributed by atoms with Crippen LogP contribution >= 0.6 is 11.3 Å². The monoisotopic (exact) mass is 356 g/mol. The molecule has 0 aliphatic carbocycles. The predicted octanol–water partition coefficient (Wildman–Crippen LogP) is 3.39. The summed E-state index contributed by atoms with van der Waals surface area (Å²) in [6, 6.07) is 13.4. The minimum absolute atomic E-state index is 0.111. The zero-order valence-corrected chi connectivity index (χ0v) is 14.8. The summed E-state index contributed by atoms with van der Waals surface area (Å²) in [4.78, 5) is 34.2. The van der Waals surface area contributed by atoms with Gasteiger partial charge in [-0.25, -0.2) is 5.06 Å². The van der Waals surface area contributed by atoms with E-state index < -0.39 is 12.0 Å². The lowest BCUT2D eigenvalue weighted by Gasteiger charge is -2.27. The molecule has 3 heterocycles. The van der Waals surface area contributed by atoms with Gasteiger partial charge in [-0.15, -0.1) is 11.3 Å². The average molecular weight is 356 g/mol. The number of benzene rings is 1. The first kappa shape index (κ1) is 16.3. The number of anilines is 1. The molecule has 4 rings (SSSR count). The van der Waals surface area contributed by atoms with E-state index in [1.165, 1.54) is 4.90 Å². The highest BCUT2D eigenvalue weighted by Gasteiger charge is 2.59. The molecule has 1 aromatic carbocycles. The molecule has 0 N–H and O–H groups in total. The molecule has 0 spiro atoms. The van der Waals surface area contributed by atoms with Crippen LogP contribution in [0.15, 0.2) is 47.8 Å². The third kappa shape index (κ3) is 2.65. The molecular weight excluding hydrogens is 336 g/mol. The van der Waals surface area contributed by atoms with Gasteiger partial charge in [-0.3, -0.25) is 19.3 Å². The lowest BCUT2D eigenvalue weighted by Crippen LogP contribution is -2.37. The van der Waals surface area contributed by atoms with Crippen LogP contribution in [0.2, 0.25) is 0 Å². The molecule has 130 valence electrons. The molecule has 2 fully saturated rings. The number of likely N-dealkylation sites (tertiary alicyclic amines) is 1. The Morgan fingerprint density at radius 2 is 1.88 bits per heavy atom. The highest BCUT2D eigenvalue weighted by molar-refractivity contribution is 7.10. The molecule has 5 nitrogen and oxygen atoms in total. The van der Waals surface area contributed by atoms with Crippen molar-refractivity contribution in [3.8, 4) is 0 Å². The van der Waals surface area contributed by atoms with Crippen molar-refractivity contribution in [3.63, 3.8) is 0 Å². The maximum absolute atomic E-state index is 13.0. The van der Waals surface area contributed by atoms with Crippen molar-refractivity contribution in [2.75, 3.05) is 11.6 Å². The fourth-order valence-electron chi connectivity index (χ4n) is 3.56. The van der Waals surface area contributed by atoms with Crippen molar-refractivity contribution in [1.29, 1.82) is 0 Å². The van der Waals surface area contributed by atoms with Crippen LogP contribution in [0, 0.1) is 5.92 Å². The van der Waals surface area contributed by atoms with Crippen molar-refractivity contribution in [2.24, 2.45) is 5.92 Å². The van der Waals surface area contributed by atoms with Crippen LogP contribution in [-0.4, -0.2) is 29.4 Å². The van der Waals surface area contributed by atoms with E-state index in [1.54, 1.807) is 16.4 Å². The SMILES string of the molecule is CCCCN1C(=O)[C@@H]2[C@@H](c3cccs3)N(c3ccccc3)O[C@H]2C1=O. The Kier molecular flexibility index (Phi) is 4.31. The maximum atomic E-state index is 13.0. The van der Waals surface area contributed by atoms with E-state index >= 15 is 0 Å². The number of para-hydroxylation sites is 1. The number of hydroxylamine groups is 1. The Hall–Kier alpha value is -2.18. The molecule has 2 saturated heterocycles. The topological polar surface area (TPSA) is 49.9 Å². The van der Waals surface area contributed by atoms with Gasteiger partial charge in [-0.2, -0.15) is 0 Å². The fraction of sp³-hybridized carbons (Fsp3) is 0.368. The Morgan fingerprint density at radius 1 is 1.08 bits per heavy atom. The normalized spacial score (nSPS) is 25.7. The van der Waals surface area contributed by atoms with Crippen molar-refractivity contribution < 1.29 is 14.4 Å². The lowest BCUT2D eigenvalue weighted by atomic mass is 9.95. The Labute approximate surface area is 150 Å². The summed E-state index contributed by atoms with van der Waals surface area (Å²) >= 11 is 1.59. The van der Waals surface area contributed by atoms with Crippen molar-refractivity contribution in [1.82, 2.24) is 4.90 Å². The second-order valence-corrected chi connectivity index (χ2v) is 7.33. The molecule has 2 aliphatic rings. The van der Waals surface area contributed by atoms with Crippen LogP contribution in [0.5, 0.6) is 0 Å². The number of carbonyl (C=O) groups excluding carboxylic acids is 2. The van der Waals surface area contributed by atoms with E-state index in [1.807, 2.05) is 54.8 Å². The van der Waals surface area contributed by atoms with Gasteiger partial charge in [0.2, 0.25) is 5.91 Å². The highest BCUT2D eigenvalue weighted by atomic mass is 32.1. The third-order valence-electron chi connectivity index (χ3n) is 4.79. The smallest absolute Gasteiger partial charge is 0.261 e. The molecule has 0 radical (unpaired) electrons. The van der Waals surface area contributed by atoms with E-state index in [0.29, 0.717) is 6.54 Å². The standard InChI is InChI=1S/C19H20N2O3S/c1-2-3-11-20-18(22)15-16(14-10-7-12-25-14)21(24-17(15)19(20)23)13-8-5-4-6-9-13/h4-10,12,15-17H,2-3,11H2,1H3/t15-,16-,17-/m1/s1. The minimum Gasteiger partial charge on any atom is -0.280 e. The molecule has 25 heavy (non-hydrogen) atoms. The van der Waals surface area contributed by atoms with Crippen LogP contribution in [0.1, 0.15) is 30.7 Å².